The lowest BCUT2D eigenvalue weighted by atomic mass is 9.91. The molecular formula is C14H20N8. The van der Waals surface area contributed by atoms with E-state index in [1.807, 2.05) is 26.5 Å². The highest BCUT2D eigenvalue weighted by atomic mass is 15.4. The molecule has 2 aromatic heterocycles. The van der Waals surface area contributed by atoms with Gasteiger partial charge in [0.1, 0.15) is 11.4 Å². The highest BCUT2D eigenvalue weighted by Gasteiger charge is 2.23. The van der Waals surface area contributed by atoms with Gasteiger partial charge in [0.05, 0.1) is 36.9 Å². The molecule has 0 aromatic carbocycles. The first-order valence-corrected chi connectivity index (χ1v) is 7.50. The number of hydrogen-bond donors (Lipinski definition) is 0. The van der Waals surface area contributed by atoms with Crippen LogP contribution in [-0.4, -0.2) is 54.5 Å². The summed E-state index contributed by atoms with van der Waals surface area (Å²) in [6.45, 7) is 0. The van der Waals surface area contributed by atoms with E-state index >= 15 is 0 Å². The molecule has 2 aromatic rings. The van der Waals surface area contributed by atoms with Gasteiger partial charge in [-0.05, 0) is 12.8 Å². The van der Waals surface area contributed by atoms with Crippen molar-refractivity contribution < 1.29 is 0 Å². The number of nitrogens with zero attached hydrogens (tertiary/aromatic N) is 8. The van der Waals surface area contributed by atoms with Crippen molar-refractivity contribution in [1.29, 1.82) is 0 Å². The minimum atomic E-state index is 0.198. The highest BCUT2D eigenvalue weighted by Crippen LogP contribution is 2.23. The summed E-state index contributed by atoms with van der Waals surface area (Å²) in [7, 11) is 3.69. The van der Waals surface area contributed by atoms with Gasteiger partial charge in [-0.3, -0.25) is 19.3 Å². The van der Waals surface area contributed by atoms with Gasteiger partial charge in [0, 0.05) is 14.1 Å². The molecule has 1 aliphatic carbocycles. The van der Waals surface area contributed by atoms with E-state index in [2.05, 4.69) is 30.6 Å². The van der Waals surface area contributed by atoms with E-state index < -0.39 is 0 Å². The lowest BCUT2D eigenvalue weighted by Gasteiger charge is -2.25. The molecule has 2 atom stereocenters. The summed E-state index contributed by atoms with van der Waals surface area (Å²) >= 11 is 0. The van der Waals surface area contributed by atoms with E-state index in [-0.39, 0.29) is 12.1 Å². The summed E-state index contributed by atoms with van der Waals surface area (Å²) in [6.07, 6.45) is 11.8. The Kier molecular flexibility index (Phi) is 4.36. The fourth-order valence-electron chi connectivity index (χ4n) is 2.63. The first kappa shape index (κ1) is 14.6. The Labute approximate surface area is 129 Å². The summed E-state index contributed by atoms with van der Waals surface area (Å²) in [5, 5.41) is 15.9. The largest absolute Gasteiger partial charge is 0.285 e. The monoisotopic (exact) mass is 300 g/mol. The van der Waals surface area contributed by atoms with Crippen molar-refractivity contribution in [3.8, 4) is 0 Å². The van der Waals surface area contributed by atoms with Gasteiger partial charge in [-0.1, -0.05) is 23.3 Å². The summed E-state index contributed by atoms with van der Waals surface area (Å²) in [6, 6.07) is 0.396. The predicted molar refractivity (Wildman–Crippen MR) is 83.2 cm³/mol. The van der Waals surface area contributed by atoms with Gasteiger partial charge in [0.25, 0.3) is 0 Å². The van der Waals surface area contributed by atoms with Crippen LogP contribution < -0.4 is 0 Å². The SMILES string of the molecule is Cn1cc(/C=N/C2CCCCC2/N=C/c2cn(C)nn2)nn1. The van der Waals surface area contributed by atoms with Crippen molar-refractivity contribution in [3.63, 3.8) is 0 Å². The summed E-state index contributed by atoms with van der Waals surface area (Å²) < 4.78 is 3.35. The van der Waals surface area contributed by atoms with Crippen LogP contribution in [0.4, 0.5) is 0 Å². The number of aryl methyl sites for hydroxylation is 2. The lowest BCUT2D eigenvalue weighted by molar-refractivity contribution is 0.390. The second-order valence-electron chi connectivity index (χ2n) is 5.61. The van der Waals surface area contributed by atoms with Crippen LogP contribution in [0.5, 0.6) is 0 Å². The Hall–Kier alpha value is -2.38. The standard InChI is InChI=1S/C14H20N8/c1-21-9-11(17-19-21)7-15-13-5-3-4-6-14(13)16-8-12-10-22(2)20-18-12/h7-10,13-14H,3-6H2,1-2H3/b15-7+,16-8+. The van der Waals surface area contributed by atoms with Crippen LogP contribution >= 0.6 is 0 Å². The number of hydrogen-bond acceptors (Lipinski definition) is 6. The van der Waals surface area contributed by atoms with Gasteiger partial charge >= 0.3 is 0 Å². The van der Waals surface area contributed by atoms with Gasteiger partial charge in [-0.15, -0.1) is 10.2 Å². The van der Waals surface area contributed by atoms with Gasteiger partial charge in [-0.2, -0.15) is 0 Å². The molecule has 1 saturated carbocycles. The van der Waals surface area contributed by atoms with Crippen LogP contribution in [0.2, 0.25) is 0 Å². The van der Waals surface area contributed by atoms with Crippen molar-refractivity contribution in [1.82, 2.24) is 30.0 Å². The van der Waals surface area contributed by atoms with E-state index in [1.54, 1.807) is 21.8 Å². The molecule has 8 heteroatoms. The topological polar surface area (TPSA) is 86.1 Å². The maximum Gasteiger partial charge on any atom is 0.123 e. The van der Waals surface area contributed by atoms with Crippen molar-refractivity contribution in [2.45, 2.75) is 37.8 Å². The molecule has 0 amide bonds. The molecule has 2 unspecified atom stereocenters. The zero-order chi connectivity index (χ0) is 15.4. The third-order valence-electron chi connectivity index (χ3n) is 3.73. The molecule has 22 heavy (non-hydrogen) atoms. The lowest BCUT2D eigenvalue weighted by Crippen LogP contribution is -2.27. The van der Waals surface area contributed by atoms with Crippen molar-refractivity contribution in [3.05, 3.63) is 23.8 Å². The maximum absolute atomic E-state index is 4.67. The Balaban J connectivity index is 1.68. The second kappa shape index (κ2) is 6.59. The summed E-state index contributed by atoms with van der Waals surface area (Å²) in [5.74, 6) is 0. The molecule has 3 rings (SSSR count). The average molecular weight is 300 g/mol. The molecule has 0 radical (unpaired) electrons. The molecule has 1 aliphatic rings. The molecule has 0 bridgehead atoms. The molecule has 0 N–H and O–H groups in total. The number of aliphatic imine (C=N–C) groups is 2. The third kappa shape index (κ3) is 3.63. The minimum absolute atomic E-state index is 0.198. The first-order valence-electron chi connectivity index (χ1n) is 7.50. The second-order valence-corrected chi connectivity index (χ2v) is 5.61. The smallest absolute Gasteiger partial charge is 0.123 e. The van der Waals surface area contributed by atoms with Crippen molar-refractivity contribution in [2.75, 3.05) is 0 Å². The van der Waals surface area contributed by atoms with Gasteiger partial charge in [0.15, 0.2) is 0 Å². The van der Waals surface area contributed by atoms with Crippen molar-refractivity contribution in [2.24, 2.45) is 24.1 Å². The van der Waals surface area contributed by atoms with E-state index in [4.69, 9.17) is 0 Å². The van der Waals surface area contributed by atoms with E-state index in [0.717, 1.165) is 24.2 Å². The van der Waals surface area contributed by atoms with Crippen LogP contribution in [-0.2, 0) is 14.1 Å². The summed E-state index contributed by atoms with van der Waals surface area (Å²) in [5.41, 5.74) is 1.56. The van der Waals surface area contributed by atoms with Crippen LogP contribution in [0.15, 0.2) is 22.4 Å². The van der Waals surface area contributed by atoms with Gasteiger partial charge in [0.2, 0.25) is 0 Å². The molecule has 0 aliphatic heterocycles. The predicted octanol–water partition coefficient (Wildman–Crippen LogP) is 0.793. The molecule has 0 saturated heterocycles. The normalized spacial score (nSPS) is 22.8. The molecule has 116 valence electrons. The average Bonchev–Trinajstić information content (AvgIpc) is 3.12. The Morgan fingerprint density at radius 1 is 0.909 bits per heavy atom. The Bertz CT molecular complexity index is 610. The number of rotatable bonds is 4. The quantitative estimate of drug-likeness (QED) is 0.781. The third-order valence-corrected chi connectivity index (χ3v) is 3.73. The molecule has 8 nitrogen and oxygen atoms in total. The fourth-order valence-corrected chi connectivity index (χ4v) is 2.63. The van der Waals surface area contributed by atoms with Crippen LogP contribution in [0.25, 0.3) is 0 Å². The zero-order valence-corrected chi connectivity index (χ0v) is 12.9. The molecule has 1 fully saturated rings. The number of aromatic nitrogens is 6. The minimum Gasteiger partial charge on any atom is -0.285 e. The van der Waals surface area contributed by atoms with E-state index in [9.17, 15) is 0 Å². The highest BCUT2D eigenvalue weighted by molar-refractivity contribution is 5.77. The van der Waals surface area contributed by atoms with Crippen molar-refractivity contribution >= 4 is 12.4 Å². The van der Waals surface area contributed by atoms with E-state index in [1.165, 1.54) is 12.8 Å². The van der Waals surface area contributed by atoms with Crippen LogP contribution in [0.3, 0.4) is 0 Å². The maximum atomic E-state index is 4.67. The fraction of sp³-hybridized carbons (Fsp3) is 0.571. The molecule has 2 heterocycles. The van der Waals surface area contributed by atoms with Crippen LogP contribution in [0.1, 0.15) is 37.1 Å². The molecule has 0 spiro atoms. The summed E-state index contributed by atoms with van der Waals surface area (Å²) in [4.78, 5) is 9.34. The van der Waals surface area contributed by atoms with E-state index in [0.29, 0.717) is 0 Å². The zero-order valence-electron chi connectivity index (χ0n) is 12.9. The van der Waals surface area contributed by atoms with Crippen LogP contribution in [0, 0.1) is 0 Å². The Morgan fingerprint density at radius 3 is 1.73 bits per heavy atom. The first-order chi connectivity index (χ1) is 10.7. The van der Waals surface area contributed by atoms with Gasteiger partial charge in [-0.25, -0.2) is 0 Å². The molecular weight excluding hydrogens is 280 g/mol. The van der Waals surface area contributed by atoms with Gasteiger partial charge < -0.3 is 0 Å². The Morgan fingerprint density at radius 2 is 1.36 bits per heavy atom.